The molecule has 0 bridgehead atoms. The third-order valence-electron chi connectivity index (χ3n) is 3.72. The van der Waals surface area contributed by atoms with E-state index in [4.69, 9.17) is 5.73 Å². The lowest BCUT2D eigenvalue weighted by atomic mass is 9.99. The fourth-order valence-corrected chi connectivity index (χ4v) is 3.56. The quantitative estimate of drug-likeness (QED) is 0.880. The van der Waals surface area contributed by atoms with Crippen molar-refractivity contribution in [2.45, 2.75) is 45.2 Å². The Morgan fingerprint density at radius 3 is 2.78 bits per heavy atom. The van der Waals surface area contributed by atoms with Crippen molar-refractivity contribution in [3.63, 3.8) is 0 Å². The summed E-state index contributed by atoms with van der Waals surface area (Å²) in [5.41, 5.74) is 5.99. The normalized spacial score (nSPS) is 25.3. The van der Waals surface area contributed by atoms with Gasteiger partial charge in [-0.15, -0.1) is 11.3 Å². The summed E-state index contributed by atoms with van der Waals surface area (Å²) >= 11 is 1.70. The summed E-state index contributed by atoms with van der Waals surface area (Å²) in [4.78, 5) is 13.5. The van der Waals surface area contributed by atoms with Crippen LogP contribution in [-0.4, -0.2) is 11.9 Å². The molecule has 0 aromatic carbocycles. The molecule has 1 aromatic rings. The number of rotatable bonds is 4. The molecule has 2 rings (SSSR count). The summed E-state index contributed by atoms with van der Waals surface area (Å²) in [5, 5.41) is 5.24. The molecular weight excluding hydrogens is 244 g/mol. The second-order valence-electron chi connectivity index (χ2n) is 5.45. The first kappa shape index (κ1) is 13.6. The topological polar surface area (TPSA) is 55.1 Å². The molecule has 0 radical (unpaired) electrons. The molecule has 1 aromatic heterocycles. The average Bonchev–Trinajstić information content (AvgIpc) is 2.95. The van der Waals surface area contributed by atoms with Gasteiger partial charge in [-0.2, -0.15) is 0 Å². The van der Waals surface area contributed by atoms with Crippen molar-refractivity contribution in [3.8, 4) is 0 Å². The van der Waals surface area contributed by atoms with Crippen LogP contribution >= 0.6 is 11.3 Å². The van der Waals surface area contributed by atoms with E-state index in [1.54, 1.807) is 11.3 Å². The van der Waals surface area contributed by atoms with Crippen molar-refractivity contribution >= 4 is 17.2 Å². The van der Waals surface area contributed by atoms with Crippen molar-refractivity contribution in [2.24, 2.45) is 17.6 Å². The predicted octanol–water partition coefficient (Wildman–Crippen LogP) is 2.69. The van der Waals surface area contributed by atoms with E-state index in [0.29, 0.717) is 5.92 Å². The van der Waals surface area contributed by atoms with Gasteiger partial charge >= 0.3 is 0 Å². The van der Waals surface area contributed by atoms with E-state index in [-0.39, 0.29) is 23.9 Å². The summed E-state index contributed by atoms with van der Waals surface area (Å²) in [7, 11) is 0. The molecule has 1 saturated carbocycles. The largest absolute Gasteiger partial charge is 0.348 e. The Labute approximate surface area is 113 Å². The Morgan fingerprint density at radius 1 is 1.50 bits per heavy atom. The molecule has 1 fully saturated rings. The molecule has 3 unspecified atom stereocenters. The maximum atomic E-state index is 12.3. The molecule has 3 nitrogen and oxygen atoms in total. The Bertz CT molecular complexity index is 389. The maximum absolute atomic E-state index is 12.3. The van der Waals surface area contributed by atoms with E-state index in [2.05, 4.69) is 30.6 Å². The van der Waals surface area contributed by atoms with Crippen LogP contribution in [0.15, 0.2) is 17.5 Å². The highest BCUT2D eigenvalue weighted by Gasteiger charge is 2.32. The van der Waals surface area contributed by atoms with Crippen molar-refractivity contribution < 1.29 is 4.79 Å². The number of carbonyl (C=O) groups is 1. The number of hydrogen-bond donors (Lipinski definition) is 2. The van der Waals surface area contributed by atoms with Crippen LogP contribution in [0.1, 0.15) is 44.0 Å². The zero-order valence-corrected chi connectivity index (χ0v) is 11.9. The van der Waals surface area contributed by atoms with Crippen LogP contribution in [0.3, 0.4) is 0 Å². The van der Waals surface area contributed by atoms with Gasteiger partial charge in [0.2, 0.25) is 5.91 Å². The molecular formula is C14H22N2OS. The van der Waals surface area contributed by atoms with E-state index in [9.17, 15) is 4.79 Å². The number of amides is 1. The number of thiophene rings is 1. The Kier molecular flexibility index (Phi) is 4.40. The molecule has 1 aliphatic rings. The first-order chi connectivity index (χ1) is 8.59. The van der Waals surface area contributed by atoms with Gasteiger partial charge in [-0.3, -0.25) is 4.79 Å². The van der Waals surface area contributed by atoms with Gasteiger partial charge in [0.15, 0.2) is 0 Å². The second kappa shape index (κ2) is 5.85. The lowest BCUT2D eigenvalue weighted by Crippen LogP contribution is -2.41. The minimum Gasteiger partial charge on any atom is -0.348 e. The van der Waals surface area contributed by atoms with E-state index in [1.165, 1.54) is 4.88 Å². The SMILES string of the molecule is CC(C)C(NC(=O)C1CCCC1N)c1cccs1. The summed E-state index contributed by atoms with van der Waals surface area (Å²) in [6, 6.07) is 4.28. The average molecular weight is 266 g/mol. The number of hydrogen-bond acceptors (Lipinski definition) is 3. The van der Waals surface area contributed by atoms with E-state index < -0.39 is 0 Å². The highest BCUT2D eigenvalue weighted by molar-refractivity contribution is 7.10. The van der Waals surface area contributed by atoms with Gasteiger partial charge in [-0.05, 0) is 30.2 Å². The summed E-state index contributed by atoms with van der Waals surface area (Å²) in [6.07, 6.45) is 2.98. The van der Waals surface area contributed by atoms with Crippen molar-refractivity contribution in [3.05, 3.63) is 22.4 Å². The summed E-state index contributed by atoms with van der Waals surface area (Å²) < 4.78 is 0. The molecule has 0 spiro atoms. The third-order valence-corrected chi connectivity index (χ3v) is 4.68. The molecule has 18 heavy (non-hydrogen) atoms. The zero-order valence-electron chi connectivity index (χ0n) is 11.1. The minimum atomic E-state index is 0.00575. The standard InChI is InChI=1S/C14H22N2OS/c1-9(2)13(12-7-4-8-18-12)16-14(17)10-5-3-6-11(10)15/h4,7-11,13H,3,5-6,15H2,1-2H3,(H,16,17). The Morgan fingerprint density at radius 2 is 2.28 bits per heavy atom. The molecule has 3 N–H and O–H groups in total. The van der Waals surface area contributed by atoms with E-state index in [0.717, 1.165) is 19.3 Å². The molecule has 0 aliphatic heterocycles. The maximum Gasteiger partial charge on any atom is 0.225 e. The van der Waals surface area contributed by atoms with Gasteiger partial charge in [0.05, 0.1) is 12.0 Å². The molecule has 1 amide bonds. The molecule has 100 valence electrons. The van der Waals surface area contributed by atoms with E-state index in [1.807, 2.05) is 6.07 Å². The minimum absolute atomic E-state index is 0.00575. The van der Waals surface area contributed by atoms with Crippen LogP contribution < -0.4 is 11.1 Å². The van der Waals surface area contributed by atoms with Gasteiger partial charge in [-0.1, -0.05) is 26.3 Å². The lowest BCUT2D eigenvalue weighted by molar-refractivity contribution is -0.126. The Balaban J connectivity index is 2.03. The molecule has 1 aliphatic carbocycles. The van der Waals surface area contributed by atoms with Crippen molar-refractivity contribution in [1.82, 2.24) is 5.32 Å². The van der Waals surface area contributed by atoms with Crippen LogP contribution in [0, 0.1) is 11.8 Å². The van der Waals surface area contributed by atoms with Crippen LogP contribution in [-0.2, 0) is 4.79 Å². The van der Waals surface area contributed by atoms with Gasteiger partial charge in [0.25, 0.3) is 0 Å². The van der Waals surface area contributed by atoms with E-state index >= 15 is 0 Å². The second-order valence-corrected chi connectivity index (χ2v) is 6.43. The van der Waals surface area contributed by atoms with Crippen molar-refractivity contribution in [1.29, 1.82) is 0 Å². The molecule has 4 heteroatoms. The molecule has 3 atom stereocenters. The van der Waals surface area contributed by atoms with Crippen LogP contribution in [0.2, 0.25) is 0 Å². The predicted molar refractivity (Wildman–Crippen MR) is 75.4 cm³/mol. The van der Waals surface area contributed by atoms with Crippen LogP contribution in [0.5, 0.6) is 0 Å². The van der Waals surface area contributed by atoms with Gasteiger partial charge in [-0.25, -0.2) is 0 Å². The fourth-order valence-electron chi connectivity index (χ4n) is 2.61. The smallest absolute Gasteiger partial charge is 0.225 e. The monoisotopic (exact) mass is 266 g/mol. The first-order valence-corrected chi connectivity index (χ1v) is 7.57. The highest BCUT2D eigenvalue weighted by atomic mass is 32.1. The van der Waals surface area contributed by atoms with Crippen LogP contribution in [0.25, 0.3) is 0 Å². The van der Waals surface area contributed by atoms with Gasteiger partial charge in [0.1, 0.15) is 0 Å². The molecule has 1 heterocycles. The summed E-state index contributed by atoms with van der Waals surface area (Å²) in [5.74, 6) is 0.531. The highest BCUT2D eigenvalue weighted by Crippen LogP contribution is 2.29. The molecule has 0 saturated heterocycles. The first-order valence-electron chi connectivity index (χ1n) is 6.69. The Hall–Kier alpha value is -0.870. The number of nitrogens with two attached hydrogens (primary N) is 1. The summed E-state index contributed by atoms with van der Waals surface area (Å²) in [6.45, 7) is 4.28. The third kappa shape index (κ3) is 2.93. The van der Waals surface area contributed by atoms with Gasteiger partial charge < -0.3 is 11.1 Å². The van der Waals surface area contributed by atoms with Crippen LogP contribution in [0.4, 0.5) is 0 Å². The van der Waals surface area contributed by atoms with Gasteiger partial charge in [0, 0.05) is 10.9 Å². The number of nitrogens with one attached hydrogen (secondary N) is 1. The fraction of sp³-hybridized carbons (Fsp3) is 0.643. The number of carbonyl (C=O) groups excluding carboxylic acids is 1. The van der Waals surface area contributed by atoms with Crippen molar-refractivity contribution in [2.75, 3.05) is 0 Å². The zero-order chi connectivity index (χ0) is 13.1. The lowest BCUT2D eigenvalue weighted by Gasteiger charge is -2.24.